The molecule has 0 amide bonds. The second kappa shape index (κ2) is 10.9. The first-order chi connectivity index (χ1) is 14.4. The van der Waals surface area contributed by atoms with Crippen LogP contribution in [0.3, 0.4) is 0 Å². The number of nitrogens with one attached hydrogen (secondary N) is 1. The fourth-order valence-electron chi connectivity index (χ4n) is 3.12. The second-order valence-corrected chi connectivity index (χ2v) is 9.15. The minimum Gasteiger partial charge on any atom is -0.378 e. The van der Waals surface area contributed by atoms with E-state index in [1.54, 1.807) is 11.8 Å². The molecule has 5 nitrogen and oxygen atoms in total. The minimum atomic E-state index is 0.156. The zero-order chi connectivity index (χ0) is 21.5. The van der Waals surface area contributed by atoms with Crippen molar-refractivity contribution in [2.24, 2.45) is 4.40 Å². The fraction of sp³-hybridized carbons (Fsp3) is 0.391. The van der Waals surface area contributed by atoms with E-state index in [1.807, 2.05) is 32.3 Å². The van der Waals surface area contributed by atoms with Gasteiger partial charge in [0.05, 0.1) is 31.1 Å². The van der Waals surface area contributed by atoms with Gasteiger partial charge in [-0.1, -0.05) is 6.07 Å². The van der Waals surface area contributed by atoms with Crippen molar-refractivity contribution >= 4 is 41.7 Å². The number of carbonyl (C=O) groups is 1. The Morgan fingerprint density at radius 3 is 2.57 bits per heavy atom. The zero-order valence-electron chi connectivity index (χ0n) is 18.0. The van der Waals surface area contributed by atoms with Crippen LogP contribution < -0.4 is 4.72 Å². The van der Waals surface area contributed by atoms with Gasteiger partial charge in [0.1, 0.15) is 6.34 Å². The third kappa shape index (κ3) is 6.27. The van der Waals surface area contributed by atoms with Crippen molar-refractivity contribution in [1.82, 2.24) is 4.90 Å². The molecule has 3 rings (SSSR count). The van der Waals surface area contributed by atoms with Crippen molar-refractivity contribution in [1.29, 1.82) is 0 Å². The highest BCUT2D eigenvalue weighted by Gasteiger charge is 2.13. The average Bonchev–Trinajstić information content (AvgIpc) is 2.74. The molecule has 0 radical (unpaired) electrons. The highest BCUT2D eigenvalue weighted by molar-refractivity contribution is 8.00. The topological polar surface area (TPSA) is 53.9 Å². The van der Waals surface area contributed by atoms with Gasteiger partial charge < -0.3 is 14.4 Å². The largest absolute Gasteiger partial charge is 0.378 e. The monoisotopic (exact) mass is 443 g/mol. The molecule has 2 aromatic carbocycles. The van der Waals surface area contributed by atoms with E-state index >= 15 is 0 Å². The Morgan fingerprint density at radius 2 is 1.83 bits per heavy atom. The molecule has 0 aromatic heterocycles. The van der Waals surface area contributed by atoms with Gasteiger partial charge in [-0.05, 0) is 74.2 Å². The highest BCUT2D eigenvalue weighted by Crippen LogP contribution is 2.26. The maximum atomic E-state index is 12.8. The summed E-state index contributed by atoms with van der Waals surface area (Å²) in [7, 11) is 0. The number of benzene rings is 2. The van der Waals surface area contributed by atoms with Crippen LogP contribution in [-0.2, 0) is 4.74 Å². The molecule has 1 aliphatic rings. The van der Waals surface area contributed by atoms with Crippen LogP contribution in [0.25, 0.3) is 0 Å². The number of nitrogens with zero attached hydrogens (tertiary/aromatic N) is 2. The molecule has 0 atom stereocenters. The summed E-state index contributed by atoms with van der Waals surface area (Å²) in [5, 5.41) is 0. The molecular weight excluding hydrogens is 414 g/mol. The quantitative estimate of drug-likeness (QED) is 0.198. The van der Waals surface area contributed by atoms with E-state index in [4.69, 9.17) is 4.74 Å². The van der Waals surface area contributed by atoms with Crippen LogP contribution >= 0.6 is 23.9 Å². The Balaban J connectivity index is 1.56. The number of anilines is 1. The van der Waals surface area contributed by atoms with Crippen LogP contribution in [0.2, 0.25) is 0 Å². The molecule has 1 N–H and O–H groups in total. The van der Waals surface area contributed by atoms with E-state index in [0.717, 1.165) is 53.6 Å². The summed E-state index contributed by atoms with van der Waals surface area (Å²) in [4.78, 5) is 16.1. The second-order valence-electron chi connectivity index (χ2n) is 7.50. The maximum Gasteiger partial charge on any atom is 0.173 e. The van der Waals surface area contributed by atoms with Gasteiger partial charge in [0, 0.05) is 29.2 Å². The molecule has 0 unspecified atom stereocenters. The normalized spacial score (nSPS) is 14.3. The van der Waals surface area contributed by atoms with E-state index < -0.39 is 0 Å². The van der Waals surface area contributed by atoms with Gasteiger partial charge in [-0.3, -0.25) is 4.79 Å². The molecule has 1 heterocycles. The Labute approximate surface area is 187 Å². The third-order valence-electron chi connectivity index (χ3n) is 5.18. The van der Waals surface area contributed by atoms with E-state index in [9.17, 15) is 4.79 Å². The van der Waals surface area contributed by atoms with Crippen LogP contribution in [0, 0.1) is 27.7 Å². The smallest absolute Gasteiger partial charge is 0.173 e. The van der Waals surface area contributed by atoms with Crippen LogP contribution in [-0.4, -0.2) is 49.1 Å². The van der Waals surface area contributed by atoms with Crippen LogP contribution in [0.5, 0.6) is 0 Å². The maximum absolute atomic E-state index is 12.8. The third-order valence-corrected chi connectivity index (χ3v) is 6.69. The molecule has 2 aromatic rings. The first kappa shape index (κ1) is 22.7. The number of Topliss-reactive ketones (excluding diaryl/α,β-unsaturated/α-hetero) is 1. The highest BCUT2D eigenvalue weighted by atomic mass is 32.2. The van der Waals surface area contributed by atoms with E-state index in [-0.39, 0.29) is 5.78 Å². The Hall–Kier alpha value is -1.96. The molecule has 7 heteroatoms. The molecule has 0 aliphatic carbocycles. The molecule has 1 aliphatic heterocycles. The number of rotatable bonds is 8. The van der Waals surface area contributed by atoms with E-state index in [2.05, 4.69) is 46.1 Å². The summed E-state index contributed by atoms with van der Waals surface area (Å²) in [5.74, 6) is 0.595. The predicted molar refractivity (Wildman–Crippen MR) is 129 cm³/mol. The minimum absolute atomic E-state index is 0.156. The first-order valence-corrected chi connectivity index (χ1v) is 11.8. The predicted octanol–water partition coefficient (Wildman–Crippen LogP) is 5.23. The van der Waals surface area contributed by atoms with Gasteiger partial charge in [-0.25, -0.2) is 0 Å². The lowest BCUT2D eigenvalue weighted by Gasteiger charge is -2.23. The number of hydrogen-bond donors (Lipinski definition) is 1. The summed E-state index contributed by atoms with van der Waals surface area (Å²) >= 11 is 2.89. The number of aryl methyl sites for hydroxylation is 4. The van der Waals surface area contributed by atoms with Gasteiger partial charge in [-0.2, -0.15) is 4.40 Å². The van der Waals surface area contributed by atoms with Gasteiger partial charge in [0.15, 0.2) is 5.78 Å². The lowest BCUT2D eigenvalue weighted by molar-refractivity contribution is 0.0701. The number of ketones is 1. The summed E-state index contributed by atoms with van der Waals surface area (Å²) in [6.07, 6.45) is 1.85. The summed E-state index contributed by atoms with van der Waals surface area (Å²) < 4.78 is 13.0. The molecule has 0 saturated carbocycles. The van der Waals surface area contributed by atoms with E-state index in [1.165, 1.54) is 23.3 Å². The standard InChI is InChI=1S/C23H29N3O2S2/c1-16-5-6-20(11-17(16)2)29-14-23(27)21-12-19(4)22(13-18(21)3)25-30-24-15-26-7-9-28-10-8-26/h5-6,11-13,15,25H,7-10,14H2,1-4H3. The van der Waals surface area contributed by atoms with Gasteiger partial charge >= 0.3 is 0 Å². The summed E-state index contributed by atoms with van der Waals surface area (Å²) in [5.41, 5.74) is 6.31. The van der Waals surface area contributed by atoms with Crippen molar-refractivity contribution in [3.63, 3.8) is 0 Å². The lowest BCUT2D eigenvalue weighted by atomic mass is 10.0. The molecule has 1 fully saturated rings. The number of morpholine rings is 1. The molecular formula is C23H29N3O2S2. The average molecular weight is 444 g/mol. The molecule has 160 valence electrons. The number of hydrogen-bond acceptors (Lipinski definition) is 6. The molecule has 30 heavy (non-hydrogen) atoms. The lowest BCUT2D eigenvalue weighted by Crippen LogP contribution is -2.34. The first-order valence-electron chi connectivity index (χ1n) is 10.1. The Morgan fingerprint density at radius 1 is 1.07 bits per heavy atom. The molecule has 1 saturated heterocycles. The van der Waals surface area contributed by atoms with E-state index in [0.29, 0.717) is 5.75 Å². The van der Waals surface area contributed by atoms with Gasteiger partial charge in [-0.15, -0.1) is 11.8 Å². The summed E-state index contributed by atoms with van der Waals surface area (Å²) in [6.45, 7) is 11.5. The van der Waals surface area contributed by atoms with Crippen molar-refractivity contribution in [2.45, 2.75) is 32.6 Å². The van der Waals surface area contributed by atoms with Crippen molar-refractivity contribution in [3.05, 3.63) is 58.1 Å². The summed E-state index contributed by atoms with van der Waals surface area (Å²) in [6, 6.07) is 10.3. The zero-order valence-corrected chi connectivity index (χ0v) is 19.7. The van der Waals surface area contributed by atoms with Crippen LogP contribution in [0.1, 0.15) is 32.6 Å². The number of thioether (sulfide) groups is 1. The molecule has 0 spiro atoms. The van der Waals surface area contributed by atoms with Crippen molar-refractivity contribution in [3.8, 4) is 0 Å². The number of ether oxygens (including phenoxy) is 1. The fourth-order valence-corrected chi connectivity index (χ4v) is 4.54. The van der Waals surface area contributed by atoms with Gasteiger partial charge in [0.2, 0.25) is 0 Å². The molecule has 0 bridgehead atoms. The van der Waals surface area contributed by atoms with Crippen molar-refractivity contribution in [2.75, 3.05) is 36.8 Å². The Kier molecular flexibility index (Phi) is 8.24. The SMILES string of the molecule is Cc1ccc(SCC(=O)c2cc(C)c(NSN=CN3CCOCC3)cc2C)cc1C. The van der Waals surface area contributed by atoms with Crippen LogP contribution in [0.15, 0.2) is 39.6 Å². The van der Waals surface area contributed by atoms with Crippen LogP contribution in [0.4, 0.5) is 5.69 Å². The van der Waals surface area contributed by atoms with Gasteiger partial charge in [0.25, 0.3) is 0 Å². The Bertz CT molecular complexity index is 925. The number of carbonyl (C=O) groups excluding carboxylic acids is 1. The van der Waals surface area contributed by atoms with Crippen molar-refractivity contribution < 1.29 is 9.53 Å².